The van der Waals surface area contributed by atoms with Gasteiger partial charge in [0, 0.05) is 31.9 Å². The number of anilines is 1. The second-order valence-electron chi connectivity index (χ2n) is 8.19. The average Bonchev–Trinajstić information content (AvgIpc) is 2.56. The summed E-state index contributed by atoms with van der Waals surface area (Å²) < 4.78 is 6.23. The molecule has 0 bridgehead atoms. The zero-order chi connectivity index (χ0) is 16.3. The van der Waals surface area contributed by atoms with Crippen molar-refractivity contribution in [1.29, 1.82) is 0 Å². The molecule has 0 unspecified atom stereocenters. The molecule has 0 aromatic heterocycles. The van der Waals surface area contributed by atoms with Crippen LogP contribution in [0.1, 0.15) is 46.5 Å². The van der Waals surface area contributed by atoms with Gasteiger partial charge in [-0.2, -0.15) is 0 Å². The van der Waals surface area contributed by atoms with Gasteiger partial charge in [-0.25, -0.2) is 0 Å². The van der Waals surface area contributed by atoms with Crippen LogP contribution in [-0.4, -0.2) is 32.3 Å². The minimum Gasteiger partial charge on any atom is -0.490 e. The third kappa shape index (κ3) is 4.41. The molecule has 1 aromatic carbocycles. The van der Waals surface area contributed by atoms with Crippen molar-refractivity contribution in [2.75, 3.05) is 31.1 Å². The molecule has 3 nitrogen and oxygen atoms in total. The molecule has 0 atom stereocenters. The fraction of sp³-hybridized carbons (Fsp3) is 0.700. The Bertz CT molecular complexity index is 477. The van der Waals surface area contributed by atoms with Crippen molar-refractivity contribution in [3.63, 3.8) is 0 Å². The van der Waals surface area contributed by atoms with Crippen molar-refractivity contribution < 1.29 is 4.74 Å². The smallest absolute Gasteiger partial charge is 0.119 e. The third-order valence-electron chi connectivity index (χ3n) is 5.52. The first-order chi connectivity index (χ1) is 11.0. The van der Waals surface area contributed by atoms with Crippen LogP contribution in [0.4, 0.5) is 5.69 Å². The lowest BCUT2D eigenvalue weighted by atomic mass is 9.72. The quantitative estimate of drug-likeness (QED) is 0.909. The van der Waals surface area contributed by atoms with Crippen molar-refractivity contribution in [2.24, 2.45) is 11.3 Å². The van der Waals surface area contributed by atoms with Gasteiger partial charge in [-0.1, -0.05) is 20.8 Å². The number of piperazine rings is 1. The standard InChI is InChI=1S/C20H32N2O/c1-20(2,3)16-4-8-18(9-5-16)23-19-10-6-17(7-11-19)22-14-12-21-13-15-22/h6-7,10-11,16,18,21H,4-5,8-9,12-15H2,1-3H3. The van der Waals surface area contributed by atoms with Crippen LogP contribution in [0, 0.1) is 11.3 Å². The van der Waals surface area contributed by atoms with E-state index in [-0.39, 0.29) is 0 Å². The summed E-state index contributed by atoms with van der Waals surface area (Å²) in [7, 11) is 0. The highest BCUT2D eigenvalue weighted by Gasteiger charge is 2.30. The molecule has 2 fully saturated rings. The van der Waals surface area contributed by atoms with E-state index < -0.39 is 0 Å². The highest BCUT2D eigenvalue weighted by Crippen LogP contribution is 2.38. The second kappa shape index (κ2) is 7.12. The van der Waals surface area contributed by atoms with E-state index in [1.165, 1.54) is 31.4 Å². The fourth-order valence-corrected chi connectivity index (χ4v) is 3.90. The molecule has 0 amide bonds. The highest BCUT2D eigenvalue weighted by atomic mass is 16.5. The van der Waals surface area contributed by atoms with Gasteiger partial charge in [0.05, 0.1) is 6.10 Å². The van der Waals surface area contributed by atoms with E-state index in [0.29, 0.717) is 11.5 Å². The first-order valence-electron chi connectivity index (χ1n) is 9.25. The lowest BCUT2D eigenvalue weighted by Crippen LogP contribution is -2.43. The molecule has 0 spiro atoms. The van der Waals surface area contributed by atoms with E-state index >= 15 is 0 Å². The Hall–Kier alpha value is -1.22. The predicted molar refractivity (Wildman–Crippen MR) is 97.4 cm³/mol. The SMILES string of the molecule is CC(C)(C)C1CCC(Oc2ccc(N3CCNCC3)cc2)CC1. The molecule has 0 radical (unpaired) electrons. The minimum absolute atomic E-state index is 0.402. The first-order valence-corrected chi connectivity index (χ1v) is 9.25. The summed E-state index contributed by atoms with van der Waals surface area (Å²) in [4.78, 5) is 2.44. The van der Waals surface area contributed by atoms with E-state index in [1.54, 1.807) is 0 Å². The molecule has 128 valence electrons. The number of hydrogen-bond donors (Lipinski definition) is 1. The lowest BCUT2D eigenvalue weighted by molar-refractivity contribution is 0.0882. The van der Waals surface area contributed by atoms with Crippen molar-refractivity contribution in [2.45, 2.75) is 52.6 Å². The van der Waals surface area contributed by atoms with Gasteiger partial charge in [0.1, 0.15) is 5.75 Å². The van der Waals surface area contributed by atoms with Crippen molar-refractivity contribution in [1.82, 2.24) is 5.32 Å². The molecule has 1 aliphatic heterocycles. The molecule has 1 N–H and O–H groups in total. The van der Waals surface area contributed by atoms with E-state index in [4.69, 9.17) is 4.74 Å². The summed E-state index contributed by atoms with van der Waals surface area (Å²) in [6.07, 6.45) is 5.39. The molecule has 1 heterocycles. The van der Waals surface area contributed by atoms with Gasteiger partial charge >= 0.3 is 0 Å². The Morgan fingerprint density at radius 3 is 2.13 bits per heavy atom. The highest BCUT2D eigenvalue weighted by molar-refractivity contribution is 5.49. The van der Waals surface area contributed by atoms with Crippen LogP contribution >= 0.6 is 0 Å². The van der Waals surface area contributed by atoms with Gasteiger partial charge in [0.15, 0.2) is 0 Å². The maximum atomic E-state index is 6.23. The number of ether oxygens (including phenoxy) is 1. The molecule has 3 rings (SSSR count). The molecule has 3 heteroatoms. The Labute approximate surface area is 141 Å². The number of nitrogens with zero attached hydrogens (tertiary/aromatic N) is 1. The van der Waals surface area contributed by atoms with Crippen LogP contribution < -0.4 is 15.0 Å². The van der Waals surface area contributed by atoms with Crippen molar-refractivity contribution >= 4 is 5.69 Å². The number of rotatable bonds is 3. The Balaban J connectivity index is 1.51. The molecule has 1 saturated heterocycles. The van der Waals surface area contributed by atoms with Crippen LogP contribution in [0.2, 0.25) is 0 Å². The molecule has 1 aliphatic carbocycles. The van der Waals surface area contributed by atoms with Crippen LogP contribution in [0.15, 0.2) is 24.3 Å². The maximum absolute atomic E-state index is 6.23. The predicted octanol–water partition coefficient (Wildman–Crippen LogP) is 4.08. The topological polar surface area (TPSA) is 24.5 Å². The lowest BCUT2D eigenvalue weighted by Gasteiger charge is -2.37. The molecular formula is C20H32N2O. The first kappa shape index (κ1) is 16.6. The molecule has 2 aliphatic rings. The Kier molecular flexibility index (Phi) is 5.15. The van der Waals surface area contributed by atoms with E-state index in [0.717, 1.165) is 37.8 Å². The summed E-state index contributed by atoms with van der Waals surface area (Å²) in [5.41, 5.74) is 1.76. The Morgan fingerprint density at radius 1 is 0.957 bits per heavy atom. The van der Waals surface area contributed by atoms with Crippen LogP contribution in [0.5, 0.6) is 5.75 Å². The van der Waals surface area contributed by atoms with Crippen LogP contribution in [0.25, 0.3) is 0 Å². The summed E-state index contributed by atoms with van der Waals surface area (Å²) in [5, 5.41) is 3.40. The number of benzene rings is 1. The second-order valence-corrected chi connectivity index (χ2v) is 8.19. The van der Waals surface area contributed by atoms with Gasteiger partial charge in [0.2, 0.25) is 0 Å². The summed E-state index contributed by atoms with van der Waals surface area (Å²) in [6, 6.07) is 8.71. The van der Waals surface area contributed by atoms with E-state index in [1.807, 2.05) is 0 Å². The Morgan fingerprint density at radius 2 is 1.57 bits per heavy atom. The molecular weight excluding hydrogens is 284 g/mol. The fourth-order valence-electron chi connectivity index (χ4n) is 3.90. The average molecular weight is 316 g/mol. The number of nitrogens with one attached hydrogen (secondary N) is 1. The zero-order valence-electron chi connectivity index (χ0n) is 15.0. The van der Waals surface area contributed by atoms with Crippen LogP contribution in [0.3, 0.4) is 0 Å². The monoisotopic (exact) mass is 316 g/mol. The van der Waals surface area contributed by atoms with E-state index in [9.17, 15) is 0 Å². The van der Waals surface area contributed by atoms with Gasteiger partial charge in [-0.15, -0.1) is 0 Å². The van der Waals surface area contributed by atoms with Crippen molar-refractivity contribution in [3.8, 4) is 5.75 Å². The van der Waals surface area contributed by atoms with Crippen LogP contribution in [-0.2, 0) is 0 Å². The summed E-state index contributed by atoms with van der Waals surface area (Å²) in [5.74, 6) is 1.88. The number of hydrogen-bond acceptors (Lipinski definition) is 3. The maximum Gasteiger partial charge on any atom is 0.119 e. The summed E-state index contributed by atoms with van der Waals surface area (Å²) >= 11 is 0. The van der Waals surface area contributed by atoms with Crippen molar-refractivity contribution in [3.05, 3.63) is 24.3 Å². The van der Waals surface area contributed by atoms with Gasteiger partial charge in [-0.3, -0.25) is 0 Å². The van der Waals surface area contributed by atoms with Gasteiger partial charge in [-0.05, 0) is 61.3 Å². The normalized spacial score (nSPS) is 26.1. The minimum atomic E-state index is 0.402. The molecule has 1 aromatic rings. The zero-order valence-corrected chi connectivity index (χ0v) is 15.0. The molecule has 23 heavy (non-hydrogen) atoms. The van der Waals surface area contributed by atoms with Gasteiger partial charge in [0.25, 0.3) is 0 Å². The molecule has 1 saturated carbocycles. The largest absolute Gasteiger partial charge is 0.490 e. The van der Waals surface area contributed by atoms with E-state index in [2.05, 4.69) is 55.3 Å². The summed E-state index contributed by atoms with van der Waals surface area (Å²) in [6.45, 7) is 11.5. The van der Waals surface area contributed by atoms with Gasteiger partial charge < -0.3 is 15.0 Å². The third-order valence-corrected chi connectivity index (χ3v) is 5.52.